The van der Waals surface area contributed by atoms with Gasteiger partial charge in [0, 0.05) is 22.8 Å². The molecule has 0 aliphatic rings. The van der Waals surface area contributed by atoms with Crippen molar-refractivity contribution in [3.63, 3.8) is 0 Å². The zero-order valence-electron chi connectivity index (χ0n) is 28.7. The maximum atomic E-state index is 17.3. The highest BCUT2D eigenvalue weighted by atomic mass is 32.2. The van der Waals surface area contributed by atoms with Crippen molar-refractivity contribution in [2.75, 3.05) is 21.3 Å². The number of halogens is 6. The third kappa shape index (κ3) is 9.01. The van der Waals surface area contributed by atoms with Crippen LogP contribution in [0.15, 0.2) is 142 Å². The van der Waals surface area contributed by atoms with Gasteiger partial charge in [0.05, 0.1) is 32.2 Å². The van der Waals surface area contributed by atoms with E-state index in [9.17, 15) is 22.0 Å². The van der Waals surface area contributed by atoms with E-state index in [-0.39, 0.29) is 11.6 Å². The number of ether oxygens (including phenoxy) is 3. The minimum Gasteiger partial charge on any atom is -0.741 e. The lowest BCUT2D eigenvalue weighted by atomic mass is 9.90. The summed E-state index contributed by atoms with van der Waals surface area (Å²) in [7, 11) is -2.26. The number of hydrogen-bond donors (Lipinski definition) is 0. The lowest BCUT2D eigenvalue weighted by Crippen LogP contribution is -2.21. The Morgan fingerprint density at radius 1 is 0.537 bits per heavy atom. The first-order valence-corrected chi connectivity index (χ1v) is 18.4. The van der Waals surface area contributed by atoms with Crippen LogP contribution in [0.5, 0.6) is 17.2 Å². The van der Waals surface area contributed by atoms with Gasteiger partial charge < -0.3 is 18.8 Å². The van der Waals surface area contributed by atoms with Crippen molar-refractivity contribution in [1.82, 2.24) is 0 Å². The lowest BCUT2D eigenvalue weighted by molar-refractivity contribution is -0.0517. The molecule has 0 heterocycles. The Labute approximate surface area is 310 Å². The molecule has 6 aromatic rings. The molecule has 0 aliphatic heterocycles. The highest BCUT2D eigenvalue weighted by Gasteiger charge is 2.37. The van der Waals surface area contributed by atoms with Gasteiger partial charge in [-0.1, -0.05) is 36.4 Å². The number of benzene rings is 6. The lowest BCUT2D eigenvalue weighted by Gasteiger charge is -2.20. The number of alkyl halides is 3. The van der Waals surface area contributed by atoms with Crippen molar-refractivity contribution in [2.45, 2.75) is 20.2 Å². The van der Waals surface area contributed by atoms with Gasteiger partial charge in [0.15, 0.2) is 24.8 Å². The Morgan fingerprint density at radius 3 is 1.20 bits per heavy atom. The van der Waals surface area contributed by atoms with Gasteiger partial charge in [-0.3, -0.25) is 0 Å². The molecule has 6 nitrogen and oxygen atoms in total. The average molecular weight is 785 g/mol. The Kier molecular flexibility index (Phi) is 12.3. The van der Waals surface area contributed by atoms with Gasteiger partial charge in [0.2, 0.25) is 0 Å². The standard InChI is InChI=1S/C39H30F3O3S.CHF3O3S/c1-43-30-14-4-25(5-15-30)35-24-36(46(33-20-10-28(40)11-21-33)34-22-12-29(41)13-23-34)37(26-6-16-31(44-2)17-7-26)38(39(35)42)27-8-18-32(45-3)19-9-27;2-1(3,4)8(5,6)7/h4-24H,1-3H3;(H,5,6,7)/q+1;/p-1. The van der Waals surface area contributed by atoms with Crippen LogP contribution in [-0.4, -0.2) is 39.8 Å². The summed E-state index contributed by atoms with van der Waals surface area (Å²) in [5, 5.41) is 0. The van der Waals surface area contributed by atoms with Gasteiger partial charge in [-0.15, -0.1) is 0 Å². The zero-order valence-corrected chi connectivity index (χ0v) is 30.3. The molecule has 6 aromatic carbocycles. The topological polar surface area (TPSA) is 84.9 Å². The van der Waals surface area contributed by atoms with E-state index in [0.717, 1.165) is 20.2 Å². The van der Waals surface area contributed by atoms with Gasteiger partial charge >= 0.3 is 5.51 Å². The minimum absolute atomic E-state index is 0.376. The Morgan fingerprint density at radius 2 is 0.870 bits per heavy atom. The zero-order chi connectivity index (χ0) is 39.2. The second-order valence-corrected chi connectivity index (χ2v) is 14.7. The predicted octanol–water partition coefficient (Wildman–Crippen LogP) is 10.3. The SMILES string of the molecule is COc1ccc(-c2cc([S+](c3ccc(F)cc3)c3ccc(F)cc3)c(-c3ccc(OC)cc3)c(-c3ccc(OC)cc3)c2F)cc1.O=S(=O)([O-])C(F)(F)F. The first-order valence-electron chi connectivity index (χ1n) is 15.7. The van der Waals surface area contributed by atoms with Crippen LogP contribution in [0.4, 0.5) is 26.3 Å². The van der Waals surface area contributed by atoms with Crippen LogP contribution in [0.2, 0.25) is 0 Å². The molecular weight excluding hydrogens is 755 g/mol. The molecule has 0 bridgehead atoms. The van der Waals surface area contributed by atoms with E-state index in [2.05, 4.69) is 0 Å². The third-order valence-electron chi connectivity index (χ3n) is 7.99. The van der Waals surface area contributed by atoms with Crippen LogP contribution in [-0.2, 0) is 21.0 Å². The molecule has 54 heavy (non-hydrogen) atoms. The van der Waals surface area contributed by atoms with Crippen LogP contribution < -0.4 is 14.2 Å². The fourth-order valence-electron chi connectivity index (χ4n) is 5.38. The van der Waals surface area contributed by atoms with Crippen molar-refractivity contribution >= 4 is 21.0 Å². The van der Waals surface area contributed by atoms with Crippen molar-refractivity contribution in [3.05, 3.63) is 145 Å². The fourth-order valence-corrected chi connectivity index (χ4v) is 7.64. The molecule has 0 amide bonds. The number of methoxy groups -OCH3 is 3. The van der Waals surface area contributed by atoms with Crippen LogP contribution in [0.1, 0.15) is 0 Å². The molecule has 0 saturated heterocycles. The first kappa shape index (κ1) is 39.8. The third-order valence-corrected chi connectivity index (χ3v) is 10.8. The van der Waals surface area contributed by atoms with Crippen molar-refractivity contribution in [1.29, 1.82) is 0 Å². The fraction of sp³-hybridized carbons (Fsp3) is 0.100. The molecule has 0 fully saturated rings. The molecule has 0 atom stereocenters. The van der Waals surface area contributed by atoms with Crippen LogP contribution in [0, 0.1) is 17.5 Å². The molecule has 280 valence electrons. The molecule has 14 heteroatoms. The molecule has 0 spiro atoms. The normalized spacial score (nSPS) is 11.5. The molecule has 0 N–H and O–H groups in total. The Balaban J connectivity index is 0.000000631. The summed E-state index contributed by atoms with van der Waals surface area (Å²) in [6.07, 6.45) is 0. The average Bonchev–Trinajstić information content (AvgIpc) is 3.16. The quantitative estimate of drug-likeness (QED) is 0.0628. The van der Waals surface area contributed by atoms with Crippen molar-refractivity contribution in [2.24, 2.45) is 0 Å². The highest BCUT2D eigenvalue weighted by molar-refractivity contribution is 7.97. The maximum absolute atomic E-state index is 17.3. The van der Waals surface area contributed by atoms with E-state index in [0.29, 0.717) is 45.1 Å². The van der Waals surface area contributed by atoms with E-state index in [1.807, 2.05) is 54.6 Å². The Bertz CT molecular complexity index is 2250. The van der Waals surface area contributed by atoms with Gasteiger partial charge in [-0.2, -0.15) is 13.2 Å². The molecule has 0 saturated carbocycles. The van der Waals surface area contributed by atoms with E-state index in [4.69, 9.17) is 27.2 Å². The summed E-state index contributed by atoms with van der Waals surface area (Å²) in [5.74, 6) is 0.776. The maximum Gasteiger partial charge on any atom is 0.485 e. The summed E-state index contributed by atoms with van der Waals surface area (Å²) in [4.78, 5) is 2.35. The van der Waals surface area contributed by atoms with Crippen LogP contribution in [0.3, 0.4) is 0 Å². The molecular formula is C40H30F6O6S2. The van der Waals surface area contributed by atoms with Gasteiger partial charge in [0.25, 0.3) is 0 Å². The summed E-state index contributed by atoms with van der Waals surface area (Å²) in [6, 6.07) is 36.3. The summed E-state index contributed by atoms with van der Waals surface area (Å²) < 4.78 is 121. The molecule has 0 radical (unpaired) electrons. The molecule has 0 aliphatic carbocycles. The van der Waals surface area contributed by atoms with Gasteiger partial charge in [0.1, 0.15) is 34.7 Å². The van der Waals surface area contributed by atoms with E-state index in [1.165, 1.54) is 24.3 Å². The highest BCUT2D eigenvalue weighted by Crippen LogP contribution is 2.47. The molecule has 0 aromatic heterocycles. The van der Waals surface area contributed by atoms with Gasteiger partial charge in [-0.05, 0) is 102 Å². The molecule has 6 rings (SSSR count). The summed E-state index contributed by atoms with van der Waals surface area (Å²) in [6.45, 7) is 0. The monoisotopic (exact) mass is 784 g/mol. The van der Waals surface area contributed by atoms with Crippen LogP contribution >= 0.6 is 0 Å². The smallest absolute Gasteiger partial charge is 0.485 e. The van der Waals surface area contributed by atoms with E-state index >= 15 is 4.39 Å². The summed E-state index contributed by atoms with van der Waals surface area (Å²) in [5.41, 5.74) is -2.18. The summed E-state index contributed by atoms with van der Waals surface area (Å²) >= 11 is 0. The number of hydrogen-bond acceptors (Lipinski definition) is 6. The second kappa shape index (κ2) is 16.7. The Hall–Kier alpha value is -5.44. The van der Waals surface area contributed by atoms with Crippen molar-refractivity contribution < 1.29 is 53.5 Å². The van der Waals surface area contributed by atoms with Crippen molar-refractivity contribution in [3.8, 4) is 50.6 Å². The largest absolute Gasteiger partial charge is 0.741 e. The van der Waals surface area contributed by atoms with Crippen LogP contribution in [0.25, 0.3) is 33.4 Å². The van der Waals surface area contributed by atoms with E-state index < -0.39 is 32.3 Å². The van der Waals surface area contributed by atoms with Gasteiger partial charge in [-0.25, -0.2) is 21.6 Å². The number of rotatable bonds is 9. The second-order valence-electron chi connectivity index (χ2n) is 11.3. The predicted molar refractivity (Wildman–Crippen MR) is 193 cm³/mol. The molecule has 0 unspecified atom stereocenters. The first-order chi connectivity index (χ1) is 25.6. The van der Waals surface area contributed by atoms with E-state index in [1.54, 1.807) is 69.9 Å². The minimum atomic E-state index is -6.09.